The van der Waals surface area contributed by atoms with E-state index in [1.165, 1.54) is 0 Å². The standard InChI is InChI=1S/C20H28N2O4/c1-19(2,3)26-18(24)22-14-20(10-9-16(22)11-20)13-21-17(23)25-12-15-7-5-4-6-8-15/h4-8,16H,9-14H2,1-3H3,(H,21,23). The number of alkyl carbamates (subject to hydrolysis) is 1. The molecule has 1 aromatic carbocycles. The SMILES string of the molecule is CC(C)(C)OC(=O)N1CC2(CNC(=O)OCc3ccccc3)CCC1C2. The summed E-state index contributed by atoms with van der Waals surface area (Å²) in [6.07, 6.45) is 2.21. The van der Waals surface area contributed by atoms with E-state index < -0.39 is 11.7 Å². The van der Waals surface area contributed by atoms with Crippen LogP contribution in [0, 0.1) is 5.41 Å². The molecule has 26 heavy (non-hydrogen) atoms. The van der Waals surface area contributed by atoms with Crippen molar-refractivity contribution in [3.05, 3.63) is 35.9 Å². The average molecular weight is 360 g/mol. The van der Waals surface area contributed by atoms with Gasteiger partial charge in [0, 0.05) is 24.5 Å². The van der Waals surface area contributed by atoms with E-state index >= 15 is 0 Å². The van der Waals surface area contributed by atoms with Crippen LogP contribution in [0.5, 0.6) is 0 Å². The molecule has 1 aliphatic heterocycles. The lowest BCUT2D eigenvalue weighted by Gasteiger charge is -2.33. The minimum absolute atomic E-state index is 0.0622. The van der Waals surface area contributed by atoms with Crippen LogP contribution in [0.2, 0.25) is 0 Å². The average Bonchev–Trinajstić information content (AvgIpc) is 3.17. The molecule has 2 aliphatic rings. The summed E-state index contributed by atoms with van der Waals surface area (Å²) in [5.74, 6) is 0. The molecule has 2 atom stereocenters. The molecule has 1 aromatic rings. The predicted octanol–water partition coefficient (Wildman–Crippen LogP) is 3.70. The Hall–Kier alpha value is -2.24. The minimum atomic E-state index is -0.494. The topological polar surface area (TPSA) is 67.9 Å². The fraction of sp³-hybridized carbons (Fsp3) is 0.600. The van der Waals surface area contributed by atoms with Crippen LogP contribution < -0.4 is 5.32 Å². The maximum absolute atomic E-state index is 12.4. The molecular weight excluding hydrogens is 332 g/mol. The first-order valence-corrected chi connectivity index (χ1v) is 9.21. The molecule has 6 nitrogen and oxygen atoms in total. The zero-order valence-corrected chi connectivity index (χ0v) is 15.8. The van der Waals surface area contributed by atoms with Crippen molar-refractivity contribution in [3.8, 4) is 0 Å². The lowest BCUT2D eigenvalue weighted by Crippen LogP contribution is -2.45. The quantitative estimate of drug-likeness (QED) is 0.889. The Morgan fingerprint density at radius 2 is 2.00 bits per heavy atom. The number of fused-ring (bicyclic) bond motifs is 2. The molecule has 6 heteroatoms. The summed E-state index contributed by atoms with van der Waals surface area (Å²) in [6, 6.07) is 9.81. The van der Waals surface area contributed by atoms with Crippen LogP contribution in [-0.4, -0.2) is 41.8 Å². The third kappa shape index (κ3) is 4.48. The number of likely N-dealkylation sites (tertiary alicyclic amines) is 1. The van der Waals surface area contributed by atoms with E-state index in [1.54, 1.807) is 0 Å². The van der Waals surface area contributed by atoms with Crippen molar-refractivity contribution in [1.29, 1.82) is 0 Å². The summed E-state index contributed by atoms with van der Waals surface area (Å²) in [6.45, 7) is 7.03. The van der Waals surface area contributed by atoms with Crippen LogP contribution in [0.25, 0.3) is 0 Å². The molecule has 1 saturated heterocycles. The first kappa shape index (κ1) is 18.5. The van der Waals surface area contributed by atoms with Crippen molar-refractivity contribution in [2.45, 2.75) is 58.3 Å². The van der Waals surface area contributed by atoms with Crippen LogP contribution >= 0.6 is 0 Å². The van der Waals surface area contributed by atoms with Crippen molar-refractivity contribution in [2.24, 2.45) is 5.41 Å². The maximum atomic E-state index is 12.4. The maximum Gasteiger partial charge on any atom is 0.410 e. The summed E-state index contributed by atoms with van der Waals surface area (Å²) in [5, 5.41) is 2.88. The number of rotatable bonds is 4. The Kier molecular flexibility index (Phi) is 5.12. The van der Waals surface area contributed by atoms with Gasteiger partial charge in [0.25, 0.3) is 0 Å². The highest BCUT2D eigenvalue weighted by molar-refractivity contribution is 5.70. The van der Waals surface area contributed by atoms with Crippen molar-refractivity contribution < 1.29 is 19.1 Å². The molecule has 2 bridgehead atoms. The fourth-order valence-corrected chi connectivity index (χ4v) is 3.86. The van der Waals surface area contributed by atoms with E-state index in [1.807, 2.05) is 56.0 Å². The Bertz CT molecular complexity index is 656. The highest BCUT2D eigenvalue weighted by atomic mass is 16.6. The van der Waals surface area contributed by atoms with Gasteiger partial charge < -0.3 is 19.7 Å². The molecule has 2 fully saturated rings. The number of nitrogens with one attached hydrogen (secondary N) is 1. The van der Waals surface area contributed by atoms with E-state index in [0.717, 1.165) is 24.8 Å². The number of hydrogen-bond donors (Lipinski definition) is 1. The largest absolute Gasteiger partial charge is 0.445 e. The van der Waals surface area contributed by atoms with Crippen LogP contribution in [0.15, 0.2) is 30.3 Å². The van der Waals surface area contributed by atoms with Gasteiger partial charge in [-0.1, -0.05) is 30.3 Å². The molecular formula is C20H28N2O4. The van der Waals surface area contributed by atoms with Crippen molar-refractivity contribution in [2.75, 3.05) is 13.1 Å². The fourth-order valence-electron chi connectivity index (χ4n) is 3.86. The van der Waals surface area contributed by atoms with Gasteiger partial charge in [-0.15, -0.1) is 0 Å². The monoisotopic (exact) mass is 360 g/mol. The summed E-state index contributed by atoms with van der Waals surface area (Å²) >= 11 is 0. The number of ether oxygens (including phenoxy) is 2. The molecule has 142 valence electrons. The van der Waals surface area contributed by atoms with Gasteiger partial charge in [-0.2, -0.15) is 0 Å². The number of amides is 2. The Labute approximate surface area is 154 Å². The van der Waals surface area contributed by atoms with E-state index in [2.05, 4.69) is 5.32 Å². The Balaban J connectivity index is 1.48. The number of benzene rings is 1. The van der Waals surface area contributed by atoms with Crippen LogP contribution in [0.1, 0.15) is 45.6 Å². The molecule has 0 radical (unpaired) electrons. The van der Waals surface area contributed by atoms with Gasteiger partial charge in [-0.3, -0.25) is 0 Å². The lowest BCUT2D eigenvalue weighted by molar-refractivity contribution is 0.0159. The van der Waals surface area contributed by atoms with E-state index in [9.17, 15) is 9.59 Å². The second-order valence-electron chi connectivity index (χ2n) is 8.42. The molecule has 0 aromatic heterocycles. The number of carbonyl (C=O) groups excluding carboxylic acids is 2. The highest BCUT2D eigenvalue weighted by Gasteiger charge is 2.52. The van der Waals surface area contributed by atoms with Gasteiger partial charge >= 0.3 is 12.2 Å². The summed E-state index contributed by atoms with van der Waals surface area (Å²) < 4.78 is 10.8. The van der Waals surface area contributed by atoms with Crippen LogP contribution in [-0.2, 0) is 16.1 Å². The number of nitrogens with zero attached hydrogens (tertiary/aromatic N) is 1. The second-order valence-corrected chi connectivity index (χ2v) is 8.42. The molecule has 2 amide bonds. The molecule has 0 spiro atoms. The van der Waals surface area contributed by atoms with E-state index in [-0.39, 0.29) is 24.2 Å². The molecule has 3 rings (SSSR count). The van der Waals surface area contributed by atoms with Gasteiger partial charge in [-0.05, 0) is 45.6 Å². The van der Waals surface area contributed by atoms with E-state index in [4.69, 9.17) is 9.47 Å². The highest BCUT2D eigenvalue weighted by Crippen LogP contribution is 2.47. The van der Waals surface area contributed by atoms with Crippen molar-refractivity contribution >= 4 is 12.2 Å². The van der Waals surface area contributed by atoms with E-state index in [0.29, 0.717) is 13.1 Å². The zero-order valence-electron chi connectivity index (χ0n) is 15.8. The molecule has 1 heterocycles. The second kappa shape index (κ2) is 7.17. The molecule has 1 saturated carbocycles. The smallest absolute Gasteiger partial charge is 0.410 e. The summed E-state index contributed by atoms with van der Waals surface area (Å²) in [4.78, 5) is 26.2. The number of hydrogen-bond acceptors (Lipinski definition) is 4. The normalized spacial score (nSPS) is 24.4. The third-order valence-corrected chi connectivity index (χ3v) is 5.07. The third-order valence-electron chi connectivity index (χ3n) is 5.07. The molecule has 1 N–H and O–H groups in total. The first-order chi connectivity index (χ1) is 12.3. The van der Waals surface area contributed by atoms with Gasteiger partial charge in [0.05, 0.1) is 0 Å². The lowest BCUT2D eigenvalue weighted by atomic mass is 9.87. The van der Waals surface area contributed by atoms with Gasteiger partial charge in [0.1, 0.15) is 12.2 Å². The molecule has 1 aliphatic carbocycles. The van der Waals surface area contributed by atoms with Crippen molar-refractivity contribution in [1.82, 2.24) is 10.2 Å². The number of carbonyl (C=O) groups is 2. The number of piperidine rings is 1. The van der Waals surface area contributed by atoms with Crippen LogP contribution in [0.4, 0.5) is 9.59 Å². The van der Waals surface area contributed by atoms with Crippen molar-refractivity contribution in [3.63, 3.8) is 0 Å². The van der Waals surface area contributed by atoms with Gasteiger partial charge in [0.15, 0.2) is 0 Å². The predicted molar refractivity (Wildman–Crippen MR) is 97.6 cm³/mol. The zero-order chi connectivity index (χ0) is 18.8. The summed E-state index contributed by atoms with van der Waals surface area (Å²) in [7, 11) is 0. The first-order valence-electron chi connectivity index (χ1n) is 9.21. The van der Waals surface area contributed by atoms with Gasteiger partial charge in [-0.25, -0.2) is 9.59 Å². The van der Waals surface area contributed by atoms with Gasteiger partial charge in [0.2, 0.25) is 0 Å². The Morgan fingerprint density at radius 3 is 2.69 bits per heavy atom. The Morgan fingerprint density at radius 1 is 1.27 bits per heavy atom. The molecule has 2 unspecified atom stereocenters. The van der Waals surface area contributed by atoms with Crippen LogP contribution in [0.3, 0.4) is 0 Å². The minimum Gasteiger partial charge on any atom is -0.445 e. The summed E-state index contributed by atoms with van der Waals surface area (Å²) in [5.41, 5.74) is 0.401.